The molecule has 3 amide bonds. The molecule has 3 N–H and O–H groups in total. The zero-order chi connectivity index (χ0) is 20.7. The quantitative estimate of drug-likeness (QED) is 0.687. The maximum atomic E-state index is 12.6. The second-order valence-electron chi connectivity index (χ2n) is 7.09. The van der Waals surface area contributed by atoms with E-state index in [9.17, 15) is 14.4 Å². The van der Waals surface area contributed by atoms with Crippen LogP contribution in [0.25, 0.3) is 0 Å². The number of amides is 3. The Labute approximate surface area is 165 Å². The van der Waals surface area contributed by atoms with Gasteiger partial charge in [-0.3, -0.25) is 14.4 Å². The molecule has 1 atom stereocenters. The lowest BCUT2D eigenvalue weighted by Crippen LogP contribution is -2.32. The number of carbonyl (C=O) groups excluding carboxylic acids is 3. The number of para-hydroxylation sites is 1. The summed E-state index contributed by atoms with van der Waals surface area (Å²) in [4.78, 5) is 36.6. The van der Waals surface area contributed by atoms with E-state index in [0.29, 0.717) is 11.3 Å². The van der Waals surface area contributed by atoms with Gasteiger partial charge in [0, 0.05) is 13.0 Å². The van der Waals surface area contributed by atoms with Crippen molar-refractivity contribution in [3.8, 4) is 0 Å². The second-order valence-corrected chi connectivity index (χ2v) is 7.09. The minimum absolute atomic E-state index is 0.0121. The molecule has 0 heterocycles. The standard InChI is InChI=1S/C22H27N3O3/c1-14(2)23-22(28)18-7-5-6-8-19(18)25-21(27)13-20(24-16(4)26)17-11-9-15(3)10-12-17/h5-12,14,20H,13H2,1-4H3,(H,23,28)(H,24,26)(H,25,27). The van der Waals surface area contributed by atoms with Crippen molar-refractivity contribution in [3.05, 3.63) is 65.2 Å². The van der Waals surface area contributed by atoms with Crippen molar-refractivity contribution in [2.45, 2.75) is 46.2 Å². The van der Waals surface area contributed by atoms with E-state index >= 15 is 0 Å². The fourth-order valence-electron chi connectivity index (χ4n) is 2.81. The van der Waals surface area contributed by atoms with Gasteiger partial charge in [0.2, 0.25) is 11.8 Å². The molecule has 0 fully saturated rings. The Kier molecular flexibility index (Phi) is 7.32. The van der Waals surface area contributed by atoms with Crippen molar-refractivity contribution in [1.29, 1.82) is 0 Å². The Bertz CT molecular complexity index is 844. The lowest BCUT2D eigenvalue weighted by atomic mass is 10.0. The topological polar surface area (TPSA) is 87.3 Å². The second kappa shape index (κ2) is 9.69. The number of hydrogen-bond donors (Lipinski definition) is 3. The Balaban J connectivity index is 2.16. The van der Waals surface area contributed by atoms with Gasteiger partial charge in [0.05, 0.1) is 23.7 Å². The number of benzene rings is 2. The zero-order valence-electron chi connectivity index (χ0n) is 16.7. The van der Waals surface area contributed by atoms with Gasteiger partial charge in [-0.05, 0) is 38.5 Å². The van der Waals surface area contributed by atoms with Crippen molar-refractivity contribution in [2.24, 2.45) is 0 Å². The summed E-state index contributed by atoms with van der Waals surface area (Å²) >= 11 is 0. The molecule has 0 aliphatic heterocycles. The van der Waals surface area contributed by atoms with Gasteiger partial charge in [0.25, 0.3) is 5.91 Å². The van der Waals surface area contributed by atoms with Crippen molar-refractivity contribution in [1.82, 2.24) is 10.6 Å². The van der Waals surface area contributed by atoms with Crippen LogP contribution < -0.4 is 16.0 Å². The van der Waals surface area contributed by atoms with Crippen LogP contribution in [0, 0.1) is 6.92 Å². The molecule has 2 rings (SSSR count). The van der Waals surface area contributed by atoms with Crippen LogP contribution in [-0.4, -0.2) is 23.8 Å². The molecule has 0 saturated carbocycles. The number of hydrogen-bond acceptors (Lipinski definition) is 3. The number of rotatable bonds is 7. The summed E-state index contributed by atoms with van der Waals surface area (Å²) in [5.74, 6) is -0.748. The monoisotopic (exact) mass is 381 g/mol. The minimum atomic E-state index is -0.449. The SMILES string of the molecule is CC(=O)NC(CC(=O)Nc1ccccc1C(=O)NC(C)C)c1ccc(C)cc1. The Hall–Kier alpha value is -3.15. The summed E-state index contributed by atoms with van der Waals surface area (Å²) in [7, 11) is 0. The number of nitrogens with one attached hydrogen (secondary N) is 3. The molecule has 0 saturated heterocycles. The predicted molar refractivity (Wildman–Crippen MR) is 110 cm³/mol. The summed E-state index contributed by atoms with van der Waals surface area (Å²) in [6.07, 6.45) is 0.0583. The van der Waals surface area contributed by atoms with Gasteiger partial charge in [-0.2, -0.15) is 0 Å². The van der Waals surface area contributed by atoms with Gasteiger partial charge in [-0.15, -0.1) is 0 Å². The lowest BCUT2D eigenvalue weighted by molar-refractivity contribution is -0.120. The first-order valence-corrected chi connectivity index (χ1v) is 9.29. The minimum Gasteiger partial charge on any atom is -0.350 e. The lowest BCUT2D eigenvalue weighted by Gasteiger charge is -2.19. The van der Waals surface area contributed by atoms with Crippen molar-refractivity contribution in [3.63, 3.8) is 0 Å². The smallest absolute Gasteiger partial charge is 0.253 e. The van der Waals surface area contributed by atoms with Gasteiger partial charge in [0.15, 0.2) is 0 Å². The third kappa shape index (κ3) is 6.23. The first kappa shape index (κ1) is 21.2. The highest BCUT2D eigenvalue weighted by atomic mass is 16.2. The van der Waals surface area contributed by atoms with E-state index in [4.69, 9.17) is 0 Å². The number of carbonyl (C=O) groups is 3. The Morgan fingerprint density at radius 3 is 2.18 bits per heavy atom. The van der Waals surface area contributed by atoms with Crippen LogP contribution >= 0.6 is 0 Å². The maximum Gasteiger partial charge on any atom is 0.253 e. The first-order chi connectivity index (χ1) is 13.3. The fraction of sp³-hybridized carbons (Fsp3) is 0.318. The molecular weight excluding hydrogens is 354 g/mol. The van der Waals surface area contributed by atoms with E-state index in [-0.39, 0.29) is 30.2 Å². The van der Waals surface area contributed by atoms with Gasteiger partial charge >= 0.3 is 0 Å². The molecule has 0 aromatic heterocycles. The summed E-state index contributed by atoms with van der Waals surface area (Å²) in [6, 6.07) is 14.1. The van der Waals surface area contributed by atoms with Crippen molar-refractivity contribution in [2.75, 3.05) is 5.32 Å². The summed E-state index contributed by atoms with van der Waals surface area (Å²) in [5, 5.41) is 8.44. The third-order valence-corrected chi connectivity index (χ3v) is 4.11. The largest absolute Gasteiger partial charge is 0.350 e. The van der Waals surface area contributed by atoms with Crippen LogP contribution in [-0.2, 0) is 9.59 Å². The molecule has 28 heavy (non-hydrogen) atoms. The Morgan fingerprint density at radius 1 is 0.929 bits per heavy atom. The highest BCUT2D eigenvalue weighted by Gasteiger charge is 2.19. The van der Waals surface area contributed by atoms with Crippen LogP contribution in [0.15, 0.2) is 48.5 Å². The van der Waals surface area contributed by atoms with Crippen LogP contribution in [0.1, 0.15) is 54.7 Å². The van der Waals surface area contributed by atoms with Gasteiger partial charge in [-0.1, -0.05) is 42.0 Å². The van der Waals surface area contributed by atoms with Gasteiger partial charge in [0.1, 0.15) is 0 Å². The van der Waals surface area contributed by atoms with E-state index in [2.05, 4.69) is 16.0 Å². The highest BCUT2D eigenvalue weighted by molar-refractivity contribution is 6.04. The average molecular weight is 381 g/mol. The molecule has 1 unspecified atom stereocenters. The molecule has 2 aromatic rings. The molecular formula is C22H27N3O3. The van der Waals surface area contributed by atoms with E-state index in [1.807, 2.05) is 45.0 Å². The first-order valence-electron chi connectivity index (χ1n) is 9.29. The molecule has 6 nitrogen and oxygen atoms in total. The maximum absolute atomic E-state index is 12.6. The molecule has 6 heteroatoms. The molecule has 0 aliphatic rings. The zero-order valence-corrected chi connectivity index (χ0v) is 16.7. The van der Waals surface area contributed by atoms with E-state index in [1.54, 1.807) is 24.3 Å². The highest BCUT2D eigenvalue weighted by Crippen LogP contribution is 2.20. The molecule has 148 valence electrons. The fourth-order valence-corrected chi connectivity index (χ4v) is 2.81. The van der Waals surface area contributed by atoms with Gasteiger partial charge in [-0.25, -0.2) is 0 Å². The average Bonchev–Trinajstić information content (AvgIpc) is 2.61. The molecule has 2 aromatic carbocycles. The van der Waals surface area contributed by atoms with Crippen LogP contribution in [0.3, 0.4) is 0 Å². The van der Waals surface area contributed by atoms with Crippen LogP contribution in [0.2, 0.25) is 0 Å². The van der Waals surface area contributed by atoms with Gasteiger partial charge < -0.3 is 16.0 Å². The number of anilines is 1. The molecule has 0 aliphatic carbocycles. The Morgan fingerprint density at radius 2 is 1.57 bits per heavy atom. The third-order valence-electron chi connectivity index (χ3n) is 4.11. The molecule has 0 spiro atoms. The number of aryl methyl sites for hydroxylation is 1. The van der Waals surface area contributed by atoms with Crippen LogP contribution in [0.4, 0.5) is 5.69 Å². The predicted octanol–water partition coefficient (Wildman–Crippen LogP) is 3.34. The van der Waals surface area contributed by atoms with Crippen LogP contribution in [0.5, 0.6) is 0 Å². The molecule has 0 radical (unpaired) electrons. The molecule has 0 bridgehead atoms. The van der Waals surface area contributed by atoms with E-state index < -0.39 is 6.04 Å². The summed E-state index contributed by atoms with van der Waals surface area (Å²) < 4.78 is 0. The van der Waals surface area contributed by atoms with Crippen molar-refractivity contribution < 1.29 is 14.4 Å². The van der Waals surface area contributed by atoms with E-state index in [1.165, 1.54) is 6.92 Å². The summed E-state index contributed by atoms with van der Waals surface area (Å²) in [5.41, 5.74) is 2.79. The summed E-state index contributed by atoms with van der Waals surface area (Å²) in [6.45, 7) is 7.14. The van der Waals surface area contributed by atoms with Crippen molar-refractivity contribution >= 4 is 23.4 Å². The van der Waals surface area contributed by atoms with E-state index in [0.717, 1.165) is 11.1 Å². The normalized spacial score (nSPS) is 11.6.